The number of hydrogen-bond donors (Lipinski definition) is 2. The molecule has 1 saturated carbocycles. The monoisotopic (exact) mass is 549 g/mol. The highest BCUT2D eigenvalue weighted by Crippen LogP contribution is 2.28. The highest BCUT2D eigenvalue weighted by atomic mass is 35.5. The zero-order chi connectivity index (χ0) is 25.5. The van der Waals surface area contributed by atoms with Crippen molar-refractivity contribution in [2.45, 2.75) is 52.0 Å². The number of rotatable bonds is 9. The van der Waals surface area contributed by atoms with Crippen molar-refractivity contribution < 1.29 is 17.9 Å². The minimum atomic E-state index is -3.30. The van der Waals surface area contributed by atoms with Crippen LogP contribution in [0.3, 0.4) is 0 Å². The van der Waals surface area contributed by atoms with E-state index in [1.54, 1.807) is 24.3 Å². The molecular formula is C28H40ClN3O4S. The minimum absolute atomic E-state index is 0. The largest absolute Gasteiger partial charge is 0.457 e. The van der Waals surface area contributed by atoms with Gasteiger partial charge in [-0.25, -0.2) is 8.42 Å². The summed E-state index contributed by atoms with van der Waals surface area (Å²) in [5.74, 6) is 2.73. The molecule has 2 atom stereocenters. The number of nitrogens with zero attached hydrogens (tertiary/aromatic N) is 1. The molecule has 2 N–H and O–H groups in total. The molecule has 37 heavy (non-hydrogen) atoms. The van der Waals surface area contributed by atoms with E-state index in [4.69, 9.17) is 4.74 Å². The van der Waals surface area contributed by atoms with Crippen LogP contribution in [0.1, 0.15) is 51.0 Å². The van der Waals surface area contributed by atoms with E-state index < -0.39 is 10.0 Å². The Morgan fingerprint density at radius 3 is 2.19 bits per heavy atom. The van der Waals surface area contributed by atoms with Gasteiger partial charge < -0.3 is 10.1 Å². The summed E-state index contributed by atoms with van der Waals surface area (Å²) >= 11 is 0. The van der Waals surface area contributed by atoms with Gasteiger partial charge in [-0.3, -0.25) is 14.4 Å². The minimum Gasteiger partial charge on any atom is -0.457 e. The molecule has 0 bridgehead atoms. The molecule has 1 aliphatic carbocycles. The Morgan fingerprint density at radius 2 is 1.59 bits per heavy atom. The van der Waals surface area contributed by atoms with Gasteiger partial charge in [0.1, 0.15) is 11.5 Å². The van der Waals surface area contributed by atoms with Gasteiger partial charge in [-0.05, 0) is 79.6 Å². The van der Waals surface area contributed by atoms with Crippen molar-refractivity contribution in [3.05, 3.63) is 54.1 Å². The third-order valence-corrected chi connectivity index (χ3v) is 7.95. The summed E-state index contributed by atoms with van der Waals surface area (Å²) in [5.41, 5.74) is 1.71. The van der Waals surface area contributed by atoms with Gasteiger partial charge >= 0.3 is 0 Å². The summed E-state index contributed by atoms with van der Waals surface area (Å²) in [6, 6.07) is 14.9. The van der Waals surface area contributed by atoms with E-state index in [1.165, 1.54) is 37.7 Å². The number of halogens is 1. The Morgan fingerprint density at radius 1 is 0.973 bits per heavy atom. The number of likely N-dealkylation sites (tertiary alicyclic amines) is 1. The van der Waals surface area contributed by atoms with Gasteiger partial charge in [-0.15, -0.1) is 12.4 Å². The Hall–Kier alpha value is -2.29. The lowest BCUT2D eigenvalue weighted by Crippen LogP contribution is -2.46. The second kappa shape index (κ2) is 13.5. The lowest BCUT2D eigenvalue weighted by atomic mass is 9.85. The molecule has 1 saturated heterocycles. The number of benzene rings is 2. The first-order chi connectivity index (χ1) is 17.2. The zero-order valence-electron chi connectivity index (χ0n) is 21.8. The lowest BCUT2D eigenvalue weighted by Gasteiger charge is -2.36. The molecule has 2 unspecified atom stereocenters. The summed E-state index contributed by atoms with van der Waals surface area (Å²) in [6.45, 7) is 5.75. The number of sulfonamides is 1. The Balaban J connectivity index is 0.00000380. The number of hydrogen-bond acceptors (Lipinski definition) is 5. The first-order valence-electron chi connectivity index (χ1n) is 13.1. The van der Waals surface area contributed by atoms with Crippen LogP contribution < -0.4 is 14.8 Å². The predicted molar refractivity (Wildman–Crippen MR) is 151 cm³/mol. The molecule has 0 aromatic heterocycles. The molecule has 7 nitrogen and oxygen atoms in total. The number of anilines is 1. The second-order valence-corrected chi connectivity index (χ2v) is 12.2. The number of carbonyl (C=O) groups excluding carboxylic acids is 1. The van der Waals surface area contributed by atoms with Crippen molar-refractivity contribution in [1.82, 2.24) is 10.2 Å². The van der Waals surface area contributed by atoms with E-state index in [1.807, 2.05) is 12.1 Å². The van der Waals surface area contributed by atoms with Gasteiger partial charge in [0.05, 0.1) is 6.26 Å². The van der Waals surface area contributed by atoms with E-state index in [9.17, 15) is 13.2 Å². The normalized spacial score (nSPS) is 21.0. The molecular weight excluding hydrogens is 510 g/mol. The third kappa shape index (κ3) is 9.20. The fourth-order valence-corrected chi connectivity index (χ4v) is 5.96. The van der Waals surface area contributed by atoms with Crippen molar-refractivity contribution in [2.75, 3.05) is 30.6 Å². The summed E-state index contributed by atoms with van der Waals surface area (Å²) in [6.07, 6.45) is 8.50. The summed E-state index contributed by atoms with van der Waals surface area (Å²) in [7, 11) is -3.30. The van der Waals surface area contributed by atoms with E-state index >= 15 is 0 Å². The fraction of sp³-hybridized carbons (Fsp3) is 0.536. The maximum absolute atomic E-state index is 12.8. The van der Waals surface area contributed by atoms with Crippen LogP contribution in [0.25, 0.3) is 0 Å². The predicted octanol–water partition coefficient (Wildman–Crippen LogP) is 5.43. The molecule has 2 fully saturated rings. The zero-order valence-corrected chi connectivity index (χ0v) is 23.5. The number of piperidine rings is 1. The molecule has 9 heteroatoms. The maximum atomic E-state index is 12.8. The Bertz CT molecular complexity index is 1100. The van der Waals surface area contributed by atoms with Crippen molar-refractivity contribution in [3.8, 4) is 11.5 Å². The average Bonchev–Trinajstić information content (AvgIpc) is 2.85. The molecule has 1 amide bonds. The topological polar surface area (TPSA) is 87.7 Å². The van der Waals surface area contributed by atoms with E-state index in [2.05, 4.69) is 34.0 Å². The summed E-state index contributed by atoms with van der Waals surface area (Å²) < 4.78 is 31.0. The van der Waals surface area contributed by atoms with Gasteiger partial charge in [0.15, 0.2) is 0 Å². The van der Waals surface area contributed by atoms with Crippen molar-refractivity contribution >= 4 is 34.0 Å². The molecule has 0 spiro atoms. The average molecular weight is 550 g/mol. The van der Waals surface area contributed by atoms with Crippen LogP contribution in [0, 0.1) is 17.8 Å². The van der Waals surface area contributed by atoms with Crippen LogP contribution in [0.4, 0.5) is 5.69 Å². The van der Waals surface area contributed by atoms with Gasteiger partial charge in [-0.1, -0.05) is 38.3 Å². The smallest absolute Gasteiger partial charge is 0.229 e. The number of carbonyl (C=O) groups is 1. The standard InChI is InChI=1S/C28H39N3O4S.ClH/c1-21-19-31(17-16-27(21)28(32)29-18-22-6-4-3-5-7-22)20-23-8-12-25(13-9-23)35-26-14-10-24(11-15-26)30-36(2,33)34;/h8-15,21-22,27,30H,3-7,16-20H2,1-2H3,(H,29,32);1H. The maximum Gasteiger partial charge on any atom is 0.229 e. The molecule has 0 radical (unpaired) electrons. The van der Waals surface area contributed by atoms with Crippen molar-refractivity contribution in [1.29, 1.82) is 0 Å². The highest BCUT2D eigenvalue weighted by Gasteiger charge is 2.31. The van der Waals surface area contributed by atoms with Gasteiger partial charge in [-0.2, -0.15) is 0 Å². The Kier molecular flexibility index (Phi) is 10.7. The van der Waals surface area contributed by atoms with Crippen LogP contribution in [0.15, 0.2) is 48.5 Å². The number of nitrogens with one attached hydrogen (secondary N) is 2. The van der Waals surface area contributed by atoms with E-state index in [0.717, 1.165) is 44.6 Å². The molecule has 2 aliphatic rings. The lowest BCUT2D eigenvalue weighted by molar-refractivity contribution is -0.128. The number of ether oxygens (including phenoxy) is 1. The summed E-state index contributed by atoms with van der Waals surface area (Å²) in [4.78, 5) is 15.2. The molecule has 2 aromatic rings. The third-order valence-electron chi connectivity index (χ3n) is 7.34. The number of amides is 1. The molecule has 204 valence electrons. The highest BCUT2D eigenvalue weighted by molar-refractivity contribution is 7.92. The van der Waals surface area contributed by atoms with Gasteiger partial charge in [0.25, 0.3) is 0 Å². The fourth-order valence-electron chi connectivity index (χ4n) is 5.39. The SMILES string of the molecule is CC1CN(Cc2ccc(Oc3ccc(NS(C)(=O)=O)cc3)cc2)CCC1C(=O)NCC1CCCCC1.Cl. The van der Waals surface area contributed by atoms with Crippen LogP contribution in [0.2, 0.25) is 0 Å². The first kappa shape index (κ1) is 29.3. The van der Waals surface area contributed by atoms with Gasteiger partial charge in [0.2, 0.25) is 15.9 Å². The summed E-state index contributed by atoms with van der Waals surface area (Å²) in [5, 5.41) is 3.25. The van der Waals surface area contributed by atoms with Crippen LogP contribution >= 0.6 is 12.4 Å². The first-order valence-corrected chi connectivity index (χ1v) is 15.0. The van der Waals surface area contributed by atoms with E-state index in [-0.39, 0.29) is 24.2 Å². The van der Waals surface area contributed by atoms with Crippen LogP contribution in [0.5, 0.6) is 11.5 Å². The van der Waals surface area contributed by atoms with E-state index in [0.29, 0.717) is 23.3 Å². The Labute approximate surface area is 227 Å². The van der Waals surface area contributed by atoms with Crippen LogP contribution in [-0.2, 0) is 21.4 Å². The quantitative estimate of drug-likeness (QED) is 0.435. The van der Waals surface area contributed by atoms with Crippen molar-refractivity contribution in [3.63, 3.8) is 0 Å². The van der Waals surface area contributed by atoms with Crippen LogP contribution in [-0.4, -0.2) is 45.1 Å². The van der Waals surface area contributed by atoms with Crippen molar-refractivity contribution in [2.24, 2.45) is 17.8 Å². The molecule has 2 aromatic carbocycles. The molecule has 4 rings (SSSR count). The second-order valence-electron chi connectivity index (χ2n) is 10.5. The van der Waals surface area contributed by atoms with Gasteiger partial charge in [0, 0.05) is 31.2 Å². The molecule has 1 aliphatic heterocycles. The molecule has 1 heterocycles.